The van der Waals surface area contributed by atoms with Gasteiger partial charge in [0.25, 0.3) is 0 Å². The van der Waals surface area contributed by atoms with Crippen molar-refractivity contribution in [3.05, 3.63) is 35.9 Å². The SMILES string of the molecule is ClC(c1ccccc1)C(Cl)P(Cl)Cl. The van der Waals surface area contributed by atoms with Crippen LogP contribution in [0.4, 0.5) is 0 Å². The highest BCUT2D eigenvalue weighted by atomic mass is 35.9. The van der Waals surface area contributed by atoms with Crippen molar-refractivity contribution in [3.8, 4) is 0 Å². The maximum atomic E-state index is 6.07. The van der Waals surface area contributed by atoms with E-state index in [1.54, 1.807) is 0 Å². The van der Waals surface area contributed by atoms with Crippen LogP contribution in [0.25, 0.3) is 0 Å². The topological polar surface area (TPSA) is 0 Å². The minimum Gasteiger partial charge on any atom is -0.116 e. The van der Waals surface area contributed by atoms with Crippen molar-refractivity contribution >= 4 is 52.3 Å². The zero-order chi connectivity index (χ0) is 9.84. The second-order valence-corrected chi connectivity index (χ2v) is 7.47. The molecule has 2 unspecified atom stereocenters. The molecule has 0 aliphatic heterocycles. The predicted octanol–water partition coefficient (Wildman–Crippen LogP) is 5.32. The zero-order valence-electron chi connectivity index (χ0n) is 6.50. The summed E-state index contributed by atoms with van der Waals surface area (Å²) in [5.41, 5.74) is 0.943. The second kappa shape index (κ2) is 5.63. The van der Waals surface area contributed by atoms with Crippen molar-refractivity contribution < 1.29 is 0 Å². The first-order valence-corrected chi connectivity index (χ1v) is 7.66. The van der Waals surface area contributed by atoms with Gasteiger partial charge in [0, 0.05) is 0 Å². The molecule has 0 aromatic heterocycles. The molecule has 0 saturated heterocycles. The molecule has 0 nitrogen and oxygen atoms in total. The fraction of sp³-hybridized carbons (Fsp3) is 0.250. The van der Waals surface area contributed by atoms with E-state index in [0.717, 1.165) is 5.56 Å². The van der Waals surface area contributed by atoms with E-state index in [0.29, 0.717) is 0 Å². The molecule has 0 aliphatic rings. The van der Waals surface area contributed by atoms with Gasteiger partial charge in [-0.05, 0) is 5.56 Å². The summed E-state index contributed by atoms with van der Waals surface area (Å²) in [4.78, 5) is 0. The summed E-state index contributed by atoms with van der Waals surface area (Å²) < 4.78 is 0. The van der Waals surface area contributed by atoms with Crippen LogP contribution in [0.3, 0.4) is 0 Å². The third kappa shape index (κ3) is 3.46. The van der Waals surface area contributed by atoms with Crippen LogP contribution >= 0.6 is 52.3 Å². The van der Waals surface area contributed by atoms with E-state index < -0.39 is 11.7 Å². The second-order valence-electron chi connectivity index (χ2n) is 2.44. The Bertz CT molecular complexity index is 252. The number of benzene rings is 1. The van der Waals surface area contributed by atoms with E-state index in [4.69, 9.17) is 45.7 Å². The molecule has 1 aromatic carbocycles. The molecular weight excluding hydrogens is 269 g/mol. The summed E-state index contributed by atoms with van der Waals surface area (Å²) in [6.45, 7) is -1.25. The minimum absolute atomic E-state index is 0.330. The number of hydrogen-bond donors (Lipinski definition) is 0. The molecule has 0 spiro atoms. The summed E-state index contributed by atoms with van der Waals surface area (Å²) in [5.74, 6) is 0. The maximum absolute atomic E-state index is 6.07. The van der Waals surface area contributed by atoms with Crippen molar-refractivity contribution in [2.24, 2.45) is 0 Å². The number of alkyl halides is 2. The van der Waals surface area contributed by atoms with Gasteiger partial charge in [-0.3, -0.25) is 0 Å². The van der Waals surface area contributed by atoms with Gasteiger partial charge in [0.2, 0.25) is 0 Å². The number of rotatable bonds is 3. The highest BCUT2D eigenvalue weighted by molar-refractivity contribution is 8.05. The molecule has 1 aromatic rings. The molecule has 0 saturated carbocycles. The molecule has 0 bridgehead atoms. The average Bonchev–Trinajstić information content (AvgIpc) is 2.17. The van der Waals surface area contributed by atoms with Crippen LogP contribution in [-0.2, 0) is 0 Å². The standard InChI is InChI=1S/C8H7Cl4P/c9-7(8(10)13(11)12)6-4-2-1-3-5-6/h1-5,7-8H. The molecule has 2 atom stereocenters. The van der Waals surface area contributed by atoms with Gasteiger partial charge < -0.3 is 0 Å². The molecule has 0 amide bonds. The third-order valence-corrected chi connectivity index (χ3v) is 5.72. The Labute approximate surface area is 98.5 Å². The molecule has 72 valence electrons. The van der Waals surface area contributed by atoms with Gasteiger partial charge in [-0.25, -0.2) is 0 Å². The Morgan fingerprint density at radius 2 is 1.54 bits per heavy atom. The van der Waals surface area contributed by atoms with Gasteiger partial charge in [-0.2, -0.15) is 0 Å². The fourth-order valence-corrected chi connectivity index (χ4v) is 2.92. The van der Waals surface area contributed by atoms with Gasteiger partial charge in [0.15, 0.2) is 0 Å². The van der Waals surface area contributed by atoms with Crippen molar-refractivity contribution in [1.29, 1.82) is 0 Å². The van der Waals surface area contributed by atoms with Crippen LogP contribution in [0.5, 0.6) is 0 Å². The largest absolute Gasteiger partial charge is 0.116 e. The lowest BCUT2D eigenvalue weighted by molar-refractivity contribution is 1.04. The highest BCUT2D eigenvalue weighted by Crippen LogP contribution is 2.58. The first kappa shape index (κ1) is 11.9. The average molecular weight is 276 g/mol. The van der Waals surface area contributed by atoms with Gasteiger partial charge in [-0.15, -0.1) is 23.2 Å². The Morgan fingerprint density at radius 3 is 2.00 bits per heavy atom. The molecule has 0 N–H and O–H groups in total. The van der Waals surface area contributed by atoms with E-state index in [9.17, 15) is 0 Å². The van der Waals surface area contributed by atoms with Gasteiger partial charge >= 0.3 is 0 Å². The summed E-state index contributed by atoms with van der Waals surface area (Å²) in [7, 11) is 0. The molecule has 0 fully saturated rings. The Morgan fingerprint density at radius 1 is 1.00 bits per heavy atom. The van der Waals surface area contributed by atoms with Crippen molar-refractivity contribution in [3.63, 3.8) is 0 Å². The fourth-order valence-electron chi connectivity index (χ4n) is 0.895. The lowest BCUT2D eigenvalue weighted by atomic mass is 10.2. The van der Waals surface area contributed by atoms with Crippen molar-refractivity contribution in [1.82, 2.24) is 0 Å². The van der Waals surface area contributed by atoms with Crippen LogP contribution in [-0.4, -0.2) is 5.12 Å². The van der Waals surface area contributed by atoms with Crippen LogP contribution < -0.4 is 0 Å². The monoisotopic (exact) mass is 274 g/mol. The quantitative estimate of drug-likeness (QED) is 0.517. The summed E-state index contributed by atoms with van der Waals surface area (Å²) in [6, 6.07) is 9.53. The highest BCUT2D eigenvalue weighted by Gasteiger charge is 2.24. The van der Waals surface area contributed by atoms with Crippen LogP contribution in [0.1, 0.15) is 10.9 Å². The van der Waals surface area contributed by atoms with Gasteiger partial charge in [0.1, 0.15) is 11.7 Å². The lowest BCUT2D eigenvalue weighted by Gasteiger charge is -2.16. The van der Waals surface area contributed by atoms with E-state index >= 15 is 0 Å². The van der Waals surface area contributed by atoms with Crippen LogP contribution in [0, 0.1) is 0 Å². The molecule has 0 radical (unpaired) electrons. The first-order chi connectivity index (χ1) is 6.13. The summed E-state index contributed by atoms with van der Waals surface area (Å²) in [6.07, 6.45) is 0. The predicted molar refractivity (Wildman–Crippen MR) is 63.3 cm³/mol. The Hall–Kier alpha value is 0.810. The first-order valence-electron chi connectivity index (χ1n) is 3.57. The van der Waals surface area contributed by atoms with E-state index in [-0.39, 0.29) is 5.38 Å². The molecule has 13 heavy (non-hydrogen) atoms. The molecule has 1 rings (SSSR count). The molecular formula is C8H7Cl4P. The Balaban J connectivity index is 2.73. The minimum atomic E-state index is -1.25. The third-order valence-electron chi connectivity index (χ3n) is 1.55. The summed E-state index contributed by atoms with van der Waals surface area (Å²) >= 11 is 23.4. The Kier molecular flexibility index (Phi) is 5.15. The van der Waals surface area contributed by atoms with Crippen LogP contribution in [0.15, 0.2) is 30.3 Å². The van der Waals surface area contributed by atoms with Crippen molar-refractivity contribution in [2.45, 2.75) is 10.5 Å². The van der Waals surface area contributed by atoms with Crippen LogP contribution in [0.2, 0.25) is 0 Å². The number of halogens is 4. The molecule has 0 heterocycles. The summed E-state index contributed by atoms with van der Waals surface area (Å²) in [5, 5.41) is -0.744. The zero-order valence-corrected chi connectivity index (χ0v) is 10.4. The van der Waals surface area contributed by atoms with Gasteiger partial charge in [0.05, 0.1) is 5.38 Å². The molecule has 5 heteroatoms. The lowest BCUT2D eigenvalue weighted by Crippen LogP contribution is -2.01. The van der Waals surface area contributed by atoms with E-state index in [1.807, 2.05) is 30.3 Å². The molecule has 0 aliphatic carbocycles. The maximum Gasteiger partial charge on any atom is 0.105 e. The van der Waals surface area contributed by atoms with E-state index in [2.05, 4.69) is 0 Å². The van der Waals surface area contributed by atoms with E-state index in [1.165, 1.54) is 0 Å². The smallest absolute Gasteiger partial charge is 0.105 e. The van der Waals surface area contributed by atoms with Gasteiger partial charge in [-0.1, -0.05) is 52.8 Å². The normalized spacial score (nSPS) is 15.8. The number of hydrogen-bond acceptors (Lipinski definition) is 0. The van der Waals surface area contributed by atoms with Crippen molar-refractivity contribution in [2.75, 3.05) is 0 Å².